The lowest BCUT2D eigenvalue weighted by Crippen LogP contribution is -2.40. The van der Waals surface area contributed by atoms with Gasteiger partial charge in [-0.2, -0.15) is 0 Å². The number of rotatable bonds is 8. The summed E-state index contributed by atoms with van der Waals surface area (Å²) in [6.45, 7) is 2.86. The van der Waals surface area contributed by atoms with Crippen molar-refractivity contribution in [3.05, 3.63) is 71.2 Å². The Bertz CT molecular complexity index is 974. The third-order valence-corrected chi connectivity index (χ3v) is 4.32. The zero-order valence-corrected chi connectivity index (χ0v) is 15.5. The van der Waals surface area contributed by atoms with Crippen LogP contribution in [-0.2, 0) is 17.7 Å². The van der Waals surface area contributed by atoms with Gasteiger partial charge in [0.05, 0.1) is 12.6 Å². The van der Waals surface area contributed by atoms with E-state index in [1.165, 1.54) is 12.1 Å². The smallest absolute Gasteiger partial charge is 0.271 e. The Morgan fingerprint density at radius 3 is 2.82 bits per heavy atom. The van der Waals surface area contributed by atoms with Gasteiger partial charge in [-0.1, -0.05) is 12.1 Å². The maximum Gasteiger partial charge on any atom is 0.271 e. The number of carbonyl (C=O) groups excluding carboxylic acids is 1. The maximum atomic E-state index is 14.0. The molecule has 0 radical (unpaired) electrons. The largest absolute Gasteiger partial charge is 0.380 e. The Balaban J connectivity index is 1.76. The highest BCUT2D eigenvalue weighted by Gasteiger charge is 2.19. The van der Waals surface area contributed by atoms with Gasteiger partial charge in [0.25, 0.3) is 5.91 Å². The molecule has 3 aromatic rings. The van der Waals surface area contributed by atoms with Crippen molar-refractivity contribution in [2.75, 3.05) is 13.2 Å². The highest BCUT2D eigenvalue weighted by Crippen LogP contribution is 2.13. The minimum Gasteiger partial charge on any atom is -0.380 e. The number of ether oxygens (including phenoxy) is 1. The van der Waals surface area contributed by atoms with Crippen LogP contribution in [-0.4, -0.2) is 34.5 Å². The van der Waals surface area contributed by atoms with E-state index in [1.54, 1.807) is 16.7 Å². The molecule has 0 aliphatic carbocycles. The number of hydrogen-bond donors (Lipinski definition) is 2. The SMILES string of the molecule is CCOCC(Cc1ccc(F)cc1F)NC(=O)c1cn2cc(CN)ccc2n1. The first-order valence-corrected chi connectivity index (χ1v) is 9.00. The molecule has 28 heavy (non-hydrogen) atoms. The Morgan fingerprint density at radius 2 is 2.11 bits per heavy atom. The fourth-order valence-electron chi connectivity index (χ4n) is 2.89. The first kappa shape index (κ1) is 19.9. The molecule has 0 spiro atoms. The Labute approximate surface area is 161 Å². The molecule has 1 aromatic carbocycles. The van der Waals surface area contributed by atoms with E-state index in [-0.39, 0.29) is 18.7 Å². The fourth-order valence-corrected chi connectivity index (χ4v) is 2.89. The second-order valence-electron chi connectivity index (χ2n) is 6.40. The van der Waals surface area contributed by atoms with Gasteiger partial charge in [-0.15, -0.1) is 0 Å². The van der Waals surface area contributed by atoms with Gasteiger partial charge >= 0.3 is 0 Å². The van der Waals surface area contributed by atoms with Crippen LogP contribution < -0.4 is 11.1 Å². The summed E-state index contributed by atoms with van der Waals surface area (Å²) in [7, 11) is 0. The zero-order chi connectivity index (χ0) is 20.1. The number of nitrogens with zero attached hydrogens (tertiary/aromatic N) is 2. The number of halogens is 2. The van der Waals surface area contributed by atoms with Crippen LogP contribution >= 0.6 is 0 Å². The number of aromatic nitrogens is 2. The van der Waals surface area contributed by atoms with Crippen molar-refractivity contribution >= 4 is 11.6 Å². The summed E-state index contributed by atoms with van der Waals surface area (Å²) in [4.78, 5) is 17.0. The second kappa shape index (κ2) is 8.90. The Morgan fingerprint density at radius 1 is 1.29 bits per heavy atom. The van der Waals surface area contributed by atoms with Crippen molar-refractivity contribution < 1.29 is 18.3 Å². The van der Waals surface area contributed by atoms with E-state index < -0.39 is 23.6 Å². The molecular weight excluding hydrogens is 366 g/mol. The topological polar surface area (TPSA) is 81.6 Å². The summed E-state index contributed by atoms with van der Waals surface area (Å²) in [5, 5.41) is 2.82. The standard InChI is InChI=1S/C20H22F2N4O2/c1-2-28-12-16(7-14-4-5-15(21)8-17(14)22)24-20(27)18-11-26-10-13(9-23)3-6-19(26)25-18/h3-6,8,10-11,16H,2,7,9,12,23H2,1H3,(H,24,27). The molecule has 6 nitrogen and oxygen atoms in total. The van der Waals surface area contributed by atoms with Crippen molar-refractivity contribution in [3.8, 4) is 0 Å². The molecule has 148 valence electrons. The van der Waals surface area contributed by atoms with Gasteiger partial charge in [-0.25, -0.2) is 13.8 Å². The molecule has 0 aliphatic heterocycles. The average molecular weight is 388 g/mol. The Hall–Kier alpha value is -2.84. The lowest BCUT2D eigenvalue weighted by atomic mass is 10.1. The van der Waals surface area contributed by atoms with Crippen molar-refractivity contribution in [2.45, 2.75) is 25.9 Å². The van der Waals surface area contributed by atoms with Crippen molar-refractivity contribution in [3.63, 3.8) is 0 Å². The minimum atomic E-state index is -0.655. The number of benzene rings is 1. The molecule has 8 heteroatoms. The van der Waals surface area contributed by atoms with Crippen LogP contribution in [0.1, 0.15) is 28.5 Å². The van der Waals surface area contributed by atoms with Gasteiger partial charge in [0.1, 0.15) is 23.0 Å². The van der Waals surface area contributed by atoms with Crippen LogP contribution in [0.5, 0.6) is 0 Å². The minimum absolute atomic E-state index is 0.169. The van der Waals surface area contributed by atoms with E-state index in [1.807, 2.05) is 19.2 Å². The highest BCUT2D eigenvalue weighted by atomic mass is 19.1. The monoisotopic (exact) mass is 388 g/mol. The van der Waals surface area contributed by atoms with Gasteiger partial charge in [0.2, 0.25) is 0 Å². The van der Waals surface area contributed by atoms with Crippen LogP contribution in [0, 0.1) is 11.6 Å². The van der Waals surface area contributed by atoms with Crippen LogP contribution in [0.4, 0.5) is 8.78 Å². The molecule has 0 saturated carbocycles. The molecule has 0 aliphatic rings. The van der Waals surface area contributed by atoms with Crippen molar-refractivity contribution in [1.82, 2.24) is 14.7 Å². The molecule has 0 saturated heterocycles. The van der Waals surface area contributed by atoms with Crippen LogP contribution in [0.25, 0.3) is 5.65 Å². The van der Waals surface area contributed by atoms with Crippen molar-refractivity contribution in [2.24, 2.45) is 5.73 Å². The van der Waals surface area contributed by atoms with E-state index in [9.17, 15) is 13.6 Å². The second-order valence-corrected chi connectivity index (χ2v) is 6.40. The molecule has 1 unspecified atom stereocenters. The number of hydrogen-bond acceptors (Lipinski definition) is 4. The predicted molar refractivity (Wildman–Crippen MR) is 101 cm³/mol. The summed E-state index contributed by atoms with van der Waals surface area (Å²) in [5.74, 6) is -1.70. The van der Waals surface area contributed by atoms with Crippen LogP contribution in [0.2, 0.25) is 0 Å². The zero-order valence-electron chi connectivity index (χ0n) is 15.5. The first-order chi connectivity index (χ1) is 13.5. The summed E-state index contributed by atoms with van der Waals surface area (Å²) in [6.07, 6.45) is 3.59. The normalized spacial score (nSPS) is 12.3. The predicted octanol–water partition coefficient (Wildman–Crippen LogP) is 2.45. The third-order valence-electron chi connectivity index (χ3n) is 4.32. The van der Waals surface area contributed by atoms with Gasteiger partial charge in [0.15, 0.2) is 0 Å². The number of imidazole rings is 1. The molecule has 1 amide bonds. The van der Waals surface area contributed by atoms with E-state index in [0.29, 0.717) is 24.4 Å². The molecule has 0 bridgehead atoms. The van der Waals surface area contributed by atoms with Gasteiger partial charge < -0.3 is 20.2 Å². The van der Waals surface area contributed by atoms with Crippen LogP contribution in [0.3, 0.4) is 0 Å². The van der Waals surface area contributed by atoms with Crippen molar-refractivity contribution in [1.29, 1.82) is 0 Å². The number of nitrogens with one attached hydrogen (secondary N) is 1. The first-order valence-electron chi connectivity index (χ1n) is 9.00. The quantitative estimate of drug-likeness (QED) is 0.621. The Kier molecular flexibility index (Phi) is 6.33. The molecule has 1 atom stereocenters. The third kappa shape index (κ3) is 4.71. The molecule has 3 rings (SSSR count). The number of pyridine rings is 1. The lowest BCUT2D eigenvalue weighted by Gasteiger charge is -2.18. The molecule has 2 heterocycles. The fraction of sp³-hybridized carbons (Fsp3) is 0.300. The van der Waals surface area contributed by atoms with Gasteiger partial charge in [-0.3, -0.25) is 4.79 Å². The van der Waals surface area contributed by atoms with E-state index >= 15 is 0 Å². The summed E-state index contributed by atoms with van der Waals surface area (Å²) in [6, 6.07) is 6.52. The number of nitrogens with two attached hydrogens (primary N) is 1. The van der Waals surface area contributed by atoms with E-state index in [0.717, 1.165) is 11.6 Å². The molecular formula is C20H22F2N4O2. The van der Waals surface area contributed by atoms with Gasteiger partial charge in [-0.05, 0) is 36.6 Å². The number of amides is 1. The summed E-state index contributed by atoms with van der Waals surface area (Å²) >= 11 is 0. The molecule has 3 N–H and O–H groups in total. The van der Waals surface area contributed by atoms with Crippen LogP contribution in [0.15, 0.2) is 42.7 Å². The number of carbonyl (C=O) groups is 1. The average Bonchev–Trinajstić information content (AvgIpc) is 3.11. The van der Waals surface area contributed by atoms with E-state index in [2.05, 4.69) is 10.3 Å². The summed E-state index contributed by atoms with van der Waals surface area (Å²) in [5.41, 5.74) is 7.70. The maximum absolute atomic E-state index is 14.0. The summed E-state index contributed by atoms with van der Waals surface area (Å²) < 4.78 is 34.2. The molecule has 2 aromatic heterocycles. The van der Waals surface area contributed by atoms with E-state index in [4.69, 9.17) is 10.5 Å². The lowest BCUT2D eigenvalue weighted by molar-refractivity contribution is 0.0852. The molecule has 0 fully saturated rings. The number of fused-ring (bicyclic) bond motifs is 1. The van der Waals surface area contributed by atoms with Gasteiger partial charge in [0, 0.05) is 31.6 Å². The highest BCUT2D eigenvalue weighted by molar-refractivity contribution is 5.93.